The van der Waals surface area contributed by atoms with Gasteiger partial charge in [0.1, 0.15) is 11.5 Å². The van der Waals surface area contributed by atoms with Crippen LogP contribution < -0.4 is 15.0 Å². The molecule has 3 rings (SSSR count). The highest BCUT2D eigenvalue weighted by molar-refractivity contribution is 7.99. The van der Waals surface area contributed by atoms with Gasteiger partial charge < -0.3 is 14.2 Å². The summed E-state index contributed by atoms with van der Waals surface area (Å²) in [7, 11) is -2.41. The van der Waals surface area contributed by atoms with E-state index >= 15 is 0 Å². The van der Waals surface area contributed by atoms with Gasteiger partial charge in [-0.1, -0.05) is 6.92 Å². The molecule has 10 heteroatoms. The molecule has 1 fully saturated rings. The molecule has 33 heavy (non-hydrogen) atoms. The lowest BCUT2D eigenvalue weighted by molar-refractivity contribution is -0.134. The number of sulfone groups is 1. The molecular formula is C23H29NO7S2. The second kappa shape index (κ2) is 11.2. The summed E-state index contributed by atoms with van der Waals surface area (Å²) in [6, 6.07) is 13.9. The molecule has 0 spiro atoms. The molecule has 1 atom stereocenters. The van der Waals surface area contributed by atoms with Gasteiger partial charge in [-0.15, -0.1) is 11.8 Å². The fourth-order valence-corrected chi connectivity index (χ4v) is 6.40. The predicted octanol–water partition coefficient (Wildman–Crippen LogP) is 3.33. The van der Waals surface area contributed by atoms with Gasteiger partial charge in [0, 0.05) is 23.9 Å². The first-order chi connectivity index (χ1) is 15.8. The Bertz CT molecular complexity index is 1020. The third-order valence-corrected chi connectivity index (χ3v) is 9.45. The van der Waals surface area contributed by atoms with E-state index in [4.69, 9.17) is 19.4 Å². The first-order valence-corrected chi connectivity index (χ1v) is 13.1. The van der Waals surface area contributed by atoms with Crippen molar-refractivity contribution in [2.45, 2.75) is 34.3 Å². The number of carbonyl (C=O) groups excluding carboxylic acids is 1. The van der Waals surface area contributed by atoms with Crippen molar-refractivity contribution in [3.05, 3.63) is 48.5 Å². The lowest BCUT2D eigenvalue weighted by Crippen LogP contribution is -2.54. The van der Waals surface area contributed by atoms with Gasteiger partial charge in [-0.3, -0.25) is 10.0 Å². The maximum atomic E-state index is 13.3. The van der Waals surface area contributed by atoms with E-state index in [0.29, 0.717) is 12.4 Å². The summed E-state index contributed by atoms with van der Waals surface area (Å²) >= 11 is 1.73. The molecule has 0 unspecified atom stereocenters. The SMILES string of the molecule is COc1ccc(SC[C@@H](C)COc2ccc(S(=O)(=O)C3(C(=O)NO)CCOCC3)cc2)cc1. The zero-order valence-electron chi connectivity index (χ0n) is 18.7. The number of rotatable bonds is 10. The van der Waals surface area contributed by atoms with Crippen molar-refractivity contribution in [3.8, 4) is 11.5 Å². The Morgan fingerprint density at radius 3 is 2.30 bits per heavy atom. The molecule has 1 aliphatic rings. The third-order valence-electron chi connectivity index (χ3n) is 5.59. The van der Waals surface area contributed by atoms with Crippen LogP contribution in [-0.2, 0) is 19.4 Å². The molecule has 1 heterocycles. The summed E-state index contributed by atoms with van der Waals surface area (Å²) in [5.74, 6) is 1.55. The highest BCUT2D eigenvalue weighted by Gasteiger charge is 2.52. The van der Waals surface area contributed by atoms with E-state index in [2.05, 4.69) is 6.92 Å². The highest BCUT2D eigenvalue weighted by atomic mass is 32.2. The summed E-state index contributed by atoms with van der Waals surface area (Å²) in [6.07, 6.45) is -0.0489. The van der Waals surface area contributed by atoms with Crippen molar-refractivity contribution >= 4 is 27.5 Å². The minimum Gasteiger partial charge on any atom is -0.497 e. The largest absolute Gasteiger partial charge is 0.497 e. The molecule has 8 nitrogen and oxygen atoms in total. The Hall–Kier alpha value is -2.27. The minimum atomic E-state index is -4.05. The Balaban J connectivity index is 1.59. The first-order valence-electron chi connectivity index (χ1n) is 10.6. The van der Waals surface area contributed by atoms with E-state index in [1.54, 1.807) is 31.0 Å². The fourth-order valence-electron chi connectivity index (χ4n) is 3.56. The number of carbonyl (C=O) groups is 1. The first kappa shape index (κ1) is 25.4. The fraction of sp³-hybridized carbons (Fsp3) is 0.435. The minimum absolute atomic E-state index is 0.00320. The van der Waals surface area contributed by atoms with Gasteiger partial charge in [0.2, 0.25) is 0 Å². The van der Waals surface area contributed by atoms with Gasteiger partial charge >= 0.3 is 0 Å². The number of ether oxygens (including phenoxy) is 3. The molecule has 1 aliphatic heterocycles. The summed E-state index contributed by atoms with van der Waals surface area (Å²) in [4.78, 5) is 13.5. The van der Waals surface area contributed by atoms with E-state index < -0.39 is 20.5 Å². The number of hydrogen-bond donors (Lipinski definition) is 2. The normalized spacial score (nSPS) is 16.6. The summed E-state index contributed by atoms with van der Waals surface area (Å²) < 4.78 is 41.0. The third kappa shape index (κ3) is 5.81. The van der Waals surface area contributed by atoms with Crippen LogP contribution in [0.5, 0.6) is 11.5 Å². The molecular weight excluding hydrogens is 466 g/mol. The molecule has 2 N–H and O–H groups in total. The van der Waals surface area contributed by atoms with Crippen LogP contribution in [0.25, 0.3) is 0 Å². The summed E-state index contributed by atoms with van der Waals surface area (Å²) in [6.45, 7) is 2.81. The predicted molar refractivity (Wildman–Crippen MR) is 125 cm³/mol. The standard InChI is InChI=1S/C23H29NO7S2/c1-17(16-32-20-7-3-18(29-2)4-8-20)15-31-19-5-9-21(10-6-19)33(27,28)23(22(25)24-26)11-13-30-14-12-23/h3-10,17,26H,11-16H2,1-2H3,(H,24,25)/t17-/m0/s1. The summed E-state index contributed by atoms with van der Waals surface area (Å²) in [5, 5.41) is 9.14. The van der Waals surface area contributed by atoms with Crippen LogP contribution in [0.2, 0.25) is 0 Å². The number of methoxy groups -OCH3 is 1. The lowest BCUT2D eigenvalue weighted by atomic mass is 9.98. The quantitative estimate of drug-likeness (QED) is 0.293. The average molecular weight is 496 g/mol. The number of hydroxylamine groups is 1. The van der Waals surface area contributed by atoms with E-state index in [0.717, 1.165) is 16.4 Å². The number of nitrogens with one attached hydrogen (secondary N) is 1. The van der Waals surface area contributed by atoms with Crippen molar-refractivity contribution < 1.29 is 32.6 Å². The number of benzene rings is 2. The van der Waals surface area contributed by atoms with Gasteiger partial charge in [0.05, 0.1) is 18.6 Å². The van der Waals surface area contributed by atoms with E-state index in [1.165, 1.54) is 17.6 Å². The monoisotopic (exact) mass is 495 g/mol. The van der Waals surface area contributed by atoms with Gasteiger partial charge in [0.15, 0.2) is 14.6 Å². The molecule has 0 aromatic heterocycles. The average Bonchev–Trinajstić information content (AvgIpc) is 2.86. The number of amides is 1. The maximum Gasteiger partial charge on any atom is 0.265 e. The highest BCUT2D eigenvalue weighted by Crippen LogP contribution is 2.36. The molecule has 180 valence electrons. The topological polar surface area (TPSA) is 111 Å². The summed E-state index contributed by atoms with van der Waals surface area (Å²) in [5.41, 5.74) is 1.52. The molecule has 1 saturated heterocycles. The molecule has 2 aromatic rings. The Morgan fingerprint density at radius 1 is 1.12 bits per heavy atom. The number of thioether (sulfide) groups is 1. The maximum absolute atomic E-state index is 13.3. The Kier molecular flexibility index (Phi) is 8.63. The smallest absolute Gasteiger partial charge is 0.265 e. The van der Waals surface area contributed by atoms with Crippen molar-refractivity contribution in [1.29, 1.82) is 0 Å². The zero-order chi connectivity index (χ0) is 23.9. The van der Waals surface area contributed by atoms with Crippen LogP contribution in [0.15, 0.2) is 58.3 Å². The molecule has 1 amide bonds. The molecule has 0 bridgehead atoms. The van der Waals surface area contributed by atoms with Gasteiger partial charge in [-0.2, -0.15) is 0 Å². The zero-order valence-corrected chi connectivity index (χ0v) is 20.3. The van der Waals surface area contributed by atoms with Crippen LogP contribution in [0, 0.1) is 5.92 Å². The van der Waals surface area contributed by atoms with Gasteiger partial charge in [-0.05, 0) is 67.3 Å². The van der Waals surface area contributed by atoms with E-state index in [9.17, 15) is 13.2 Å². The van der Waals surface area contributed by atoms with Crippen LogP contribution in [0.3, 0.4) is 0 Å². The molecule has 2 aromatic carbocycles. The Labute approximate surface area is 198 Å². The van der Waals surface area contributed by atoms with Crippen LogP contribution in [-0.4, -0.2) is 57.0 Å². The van der Waals surface area contributed by atoms with Crippen LogP contribution >= 0.6 is 11.8 Å². The van der Waals surface area contributed by atoms with Crippen molar-refractivity contribution in [2.75, 3.05) is 32.7 Å². The van der Waals surface area contributed by atoms with E-state index in [1.807, 2.05) is 24.3 Å². The van der Waals surface area contributed by atoms with Crippen LogP contribution in [0.4, 0.5) is 0 Å². The van der Waals surface area contributed by atoms with E-state index in [-0.39, 0.29) is 36.9 Å². The molecule has 0 aliphatic carbocycles. The van der Waals surface area contributed by atoms with Crippen molar-refractivity contribution in [3.63, 3.8) is 0 Å². The second-order valence-electron chi connectivity index (χ2n) is 7.93. The second-order valence-corrected chi connectivity index (χ2v) is 11.3. The molecule has 0 radical (unpaired) electrons. The van der Waals surface area contributed by atoms with Gasteiger partial charge in [-0.25, -0.2) is 13.9 Å². The Morgan fingerprint density at radius 2 is 1.73 bits per heavy atom. The van der Waals surface area contributed by atoms with Crippen molar-refractivity contribution in [2.24, 2.45) is 5.92 Å². The molecule has 0 saturated carbocycles. The van der Waals surface area contributed by atoms with Crippen molar-refractivity contribution in [1.82, 2.24) is 5.48 Å². The van der Waals surface area contributed by atoms with Gasteiger partial charge in [0.25, 0.3) is 5.91 Å². The number of hydrogen-bond acceptors (Lipinski definition) is 8. The lowest BCUT2D eigenvalue weighted by Gasteiger charge is -2.34. The van der Waals surface area contributed by atoms with Crippen LogP contribution in [0.1, 0.15) is 19.8 Å².